The van der Waals surface area contributed by atoms with Crippen molar-refractivity contribution in [2.45, 2.75) is 68.9 Å². The molecule has 7 heteroatoms. The van der Waals surface area contributed by atoms with Crippen molar-refractivity contribution in [3.63, 3.8) is 0 Å². The molecule has 1 saturated heterocycles. The van der Waals surface area contributed by atoms with Crippen molar-refractivity contribution in [1.82, 2.24) is 19.9 Å². The third-order valence-electron chi connectivity index (χ3n) is 5.95. The highest BCUT2D eigenvalue weighted by Crippen LogP contribution is 2.39. The van der Waals surface area contributed by atoms with Gasteiger partial charge in [-0.25, -0.2) is 0 Å². The van der Waals surface area contributed by atoms with E-state index in [1.54, 1.807) is 0 Å². The quantitative estimate of drug-likeness (QED) is 0.894. The van der Waals surface area contributed by atoms with Gasteiger partial charge in [-0.05, 0) is 32.7 Å². The number of aromatic nitrogens is 2. The lowest BCUT2D eigenvalue weighted by Gasteiger charge is -2.39. The van der Waals surface area contributed by atoms with Gasteiger partial charge in [0.1, 0.15) is 6.04 Å². The lowest BCUT2D eigenvalue weighted by atomic mass is 9.82. The molecule has 0 aromatic carbocycles. The number of hydrogen-bond donors (Lipinski definition) is 1. The molecular weight excluding hydrogens is 320 g/mol. The van der Waals surface area contributed by atoms with Crippen LogP contribution in [0.4, 0.5) is 0 Å². The molecule has 1 aliphatic heterocycles. The smallest absolute Gasteiger partial charge is 0.245 e. The van der Waals surface area contributed by atoms with Crippen LogP contribution in [0.15, 0.2) is 4.52 Å². The average molecular weight is 348 g/mol. The van der Waals surface area contributed by atoms with Crippen molar-refractivity contribution < 1.29 is 14.4 Å². The summed E-state index contributed by atoms with van der Waals surface area (Å²) in [4.78, 5) is 21.4. The number of carbonyl (C=O) groups excluding carboxylic acids is 1. The molecule has 7 nitrogen and oxygen atoms in total. The molecule has 1 N–H and O–H groups in total. The van der Waals surface area contributed by atoms with E-state index in [0.717, 1.165) is 57.3 Å². The summed E-state index contributed by atoms with van der Waals surface area (Å²) >= 11 is 0. The van der Waals surface area contributed by atoms with Gasteiger partial charge < -0.3 is 14.5 Å². The Hall–Kier alpha value is -1.47. The van der Waals surface area contributed by atoms with Crippen LogP contribution in [0.5, 0.6) is 0 Å². The molecule has 1 aromatic heterocycles. The second-order valence-corrected chi connectivity index (χ2v) is 8.06. The fourth-order valence-corrected chi connectivity index (χ4v) is 4.04. The Kier molecular flexibility index (Phi) is 4.54. The number of likely N-dealkylation sites (N-methyl/N-ethyl adjacent to an activating group) is 1. The molecule has 0 radical (unpaired) electrons. The molecule has 1 aromatic rings. The molecule has 0 spiro atoms. The summed E-state index contributed by atoms with van der Waals surface area (Å²) in [5.41, 5.74) is -0.808. The lowest BCUT2D eigenvalue weighted by molar-refractivity contribution is -0.140. The zero-order valence-corrected chi connectivity index (χ0v) is 15.0. The Bertz CT molecular complexity index is 622. The van der Waals surface area contributed by atoms with Gasteiger partial charge in [0.25, 0.3) is 0 Å². The van der Waals surface area contributed by atoms with Crippen molar-refractivity contribution in [2.75, 3.05) is 26.7 Å². The molecule has 1 atom stereocenters. The second-order valence-electron chi connectivity index (χ2n) is 8.06. The van der Waals surface area contributed by atoms with Crippen LogP contribution in [0.3, 0.4) is 0 Å². The molecule has 3 aliphatic rings. The molecule has 2 saturated carbocycles. The molecule has 0 bridgehead atoms. The Morgan fingerprint density at radius 1 is 1.28 bits per heavy atom. The first-order valence-corrected chi connectivity index (χ1v) is 9.58. The fraction of sp³-hybridized carbons (Fsp3) is 0.833. The molecule has 138 valence electrons. The van der Waals surface area contributed by atoms with Crippen LogP contribution < -0.4 is 0 Å². The highest BCUT2D eigenvalue weighted by atomic mass is 16.5. The van der Waals surface area contributed by atoms with Crippen molar-refractivity contribution in [3.05, 3.63) is 11.7 Å². The maximum atomic E-state index is 12.8. The summed E-state index contributed by atoms with van der Waals surface area (Å²) < 4.78 is 5.48. The third kappa shape index (κ3) is 3.72. The topological polar surface area (TPSA) is 82.7 Å². The average Bonchev–Trinajstić information content (AvgIpc) is 3.33. The fourth-order valence-electron chi connectivity index (χ4n) is 4.04. The van der Waals surface area contributed by atoms with E-state index in [1.165, 1.54) is 0 Å². The van der Waals surface area contributed by atoms with Gasteiger partial charge in [0, 0.05) is 25.6 Å². The summed E-state index contributed by atoms with van der Waals surface area (Å²) in [6, 6.07) is -0.0568. The number of piperazine rings is 1. The first-order valence-electron chi connectivity index (χ1n) is 9.58. The van der Waals surface area contributed by atoms with Gasteiger partial charge in [0.2, 0.25) is 11.8 Å². The van der Waals surface area contributed by atoms with Crippen LogP contribution in [-0.2, 0) is 4.79 Å². The van der Waals surface area contributed by atoms with E-state index in [2.05, 4.69) is 15.0 Å². The van der Waals surface area contributed by atoms with Crippen molar-refractivity contribution >= 4 is 5.91 Å². The van der Waals surface area contributed by atoms with E-state index in [4.69, 9.17) is 4.52 Å². The number of aliphatic hydroxyl groups is 1. The molecule has 25 heavy (non-hydrogen) atoms. The number of nitrogens with zero attached hydrogens (tertiary/aromatic N) is 4. The third-order valence-corrected chi connectivity index (χ3v) is 5.95. The molecule has 2 heterocycles. The van der Waals surface area contributed by atoms with Crippen LogP contribution in [0.1, 0.15) is 75.0 Å². The van der Waals surface area contributed by atoms with E-state index in [-0.39, 0.29) is 18.4 Å². The van der Waals surface area contributed by atoms with E-state index in [9.17, 15) is 9.90 Å². The molecule has 4 rings (SSSR count). The number of amides is 1. The molecular formula is C18H28N4O3. The Balaban J connectivity index is 1.41. The maximum absolute atomic E-state index is 12.8. The van der Waals surface area contributed by atoms with Gasteiger partial charge in [0.15, 0.2) is 5.82 Å². The Morgan fingerprint density at radius 2 is 2.04 bits per heavy atom. The van der Waals surface area contributed by atoms with Gasteiger partial charge in [-0.1, -0.05) is 24.4 Å². The number of rotatable bonds is 4. The monoisotopic (exact) mass is 348 g/mol. The summed E-state index contributed by atoms with van der Waals surface area (Å²) in [6.07, 6.45) is 7.19. The minimum atomic E-state index is -0.808. The van der Waals surface area contributed by atoms with Crippen LogP contribution in [0.2, 0.25) is 0 Å². The second kappa shape index (κ2) is 6.68. The zero-order chi connectivity index (χ0) is 17.4. The van der Waals surface area contributed by atoms with Crippen molar-refractivity contribution in [2.24, 2.45) is 0 Å². The van der Waals surface area contributed by atoms with E-state index < -0.39 is 5.60 Å². The normalized spacial score (nSPS) is 27.4. The standard InChI is InChI=1S/C18H28N4O3/c1-21-9-10-22(15(23)11-18(24)7-3-2-4-8-18)12-14(21)17-19-16(20-25-17)13-5-6-13/h13-14,24H,2-12H2,1H3. The lowest BCUT2D eigenvalue weighted by Crippen LogP contribution is -2.51. The van der Waals surface area contributed by atoms with Crippen molar-refractivity contribution in [1.29, 1.82) is 0 Å². The number of hydrogen-bond acceptors (Lipinski definition) is 6. The molecule has 2 aliphatic carbocycles. The first kappa shape index (κ1) is 17.0. The predicted molar refractivity (Wildman–Crippen MR) is 90.9 cm³/mol. The van der Waals surface area contributed by atoms with Gasteiger partial charge in [0.05, 0.1) is 12.0 Å². The Morgan fingerprint density at radius 3 is 2.76 bits per heavy atom. The largest absolute Gasteiger partial charge is 0.389 e. The van der Waals surface area contributed by atoms with E-state index in [1.807, 2.05) is 11.9 Å². The Labute approximate surface area is 148 Å². The highest BCUT2D eigenvalue weighted by Gasteiger charge is 2.38. The molecule has 1 unspecified atom stereocenters. The van der Waals surface area contributed by atoms with Gasteiger partial charge in [-0.3, -0.25) is 9.69 Å². The van der Waals surface area contributed by atoms with Crippen LogP contribution in [0, 0.1) is 0 Å². The zero-order valence-electron chi connectivity index (χ0n) is 15.0. The predicted octanol–water partition coefficient (Wildman–Crippen LogP) is 1.85. The van der Waals surface area contributed by atoms with Crippen LogP contribution >= 0.6 is 0 Å². The highest BCUT2D eigenvalue weighted by molar-refractivity contribution is 5.77. The molecule has 1 amide bonds. The van der Waals surface area contributed by atoms with E-state index in [0.29, 0.717) is 24.9 Å². The minimum Gasteiger partial charge on any atom is -0.389 e. The van der Waals surface area contributed by atoms with Gasteiger partial charge in [-0.2, -0.15) is 4.98 Å². The van der Waals surface area contributed by atoms with Crippen molar-refractivity contribution in [3.8, 4) is 0 Å². The maximum Gasteiger partial charge on any atom is 0.245 e. The van der Waals surface area contributed by atoms with Crippen LogP contribution in [0.25, 0.3) is 0 Å². The van der Waals surface area contributed by atoms with Gasteiger partial charge in [-0.15, -0.1) is 0 Å². The molecule has 3 fully saturated rings. The summed E-state index contributed by atoms with van der Waals surface area (Å²) in [5, 5.41) is 14.8. The summed E-state index contributed by atoms with van der Waals surface area (Å²) in [5.74, 6) is 1.93. The minimum absolute atomic E-state index is 0.0458. The van der Waals surface area contributed by atoms with Gasteiger partial charge >= 0.3 is 0 Å². The van der Waals surface area contributed by atoms with Crippen LogP contribution in [-0.4, -0.2) is 63.2 Å². The SMILES string of the molecule is CN1CCN(C(=O)CC2(O)CCCCC2)CC1c1nc(C2CC2)no1. The van der Waals surface area contributed by atoms with E-state index >= 15 is 0 Å². The number of carbonyl (C=O) groups is 1. The summed E-state index contributed by atoms with van der Waals surface area (Å²) in [6.45, 7) is 2.01. The summed E-state index contributed by atoms with van der Waals surface area (Å²) in [7, 11) is 2.03. The first-order chi connectivity index (χ1) is 12.0.